The van der Waals surface area contributed by atoms with Crippen LogP contribution in [0, 0.1) is 17.2 Å². The zero-order chi connectivity index (χ0) is 22.0. The van der Waals surface area contributed by atoms with E-state index in [2.05, 4.69) is 26.5 Å². The van der Waals surface area contributed by atoms with Gasteiger partial charge in [-0.2, -0.15) is 5.26 Å². The first-order valence-electron chi connectivity index (χ1n) is 11.2. The van der Waals surface area contributed by atoms with Crippen LogP contribution in [-0.2, 0) is 22.6 Å². The van der Waals surface area contributed by atoms with E-state index in [1.165, 1.54) is 0 Å². The van der Waals surface area contributed by atoms with Crippen molar-refractivity contribution in [1.82, 2.24) is 20.4 Å². The van der Waals surface area contributed by atoms with Crippen LogP contribution in [0.5, 0.6) is 5.75 Å². The number of fused-ring (bicyclic) bond motifs is 1. The molecule has 166 valence electrons. The summed E-state index contributed by atoms with van der Waals surface area (Å²) in [4.78, 5) is 30.5. The molecule has 3 aliphatic rings. The van der Waals surface area contributed by atoms with Crippen LogP contribution in [0.15, 0.2) is 18.2 Å². The normalized spacial score (nSPS) is 27.4. The predicted octanol–water partition coefficient (Wildman–Crippen LogP) is 1.10. The van der Waals surface area contributed by atoms with E-state index < -0.39 is 11.6 Å². The molecule has 8 nitrogen and oxygen atoms in total. The monoisotopic (exact) mass is 425 g/mol. The van der Waals surface area contributed by atoms with Crippen LogP contribution in [0.3, 0.4) is 0 Å². The average Bonchev–Trinajstić information content (AvgIpc) is 3.15. The Hall–Kier alpha value is -2.47. The van der Waals surface area contributed by atoms with Crippen molar-refractivity contribution >= 4 is 11.8 Å². The van der Waals surface area contributed by atoms with Gasteiger partial charge < -0.3 is 10.4 Å². The quantitative estimate of drug-likeness (QED) is 0.620. The van der Waals surface area contributed by atoms with Crippen LogP contribution in [0.25, 0.3) is 0 Å². The maximum Gasteiger partial charge on any atom is 0.246 e. The van der Waals surface area contributed by atoms with Crippen LogP contribution in [0.2, 0.25) is 0 Å². The Balaban J connectivity index is 1.35. The Kier molecular flexibility index (Phi) is 6.28. The molecular weight excluding hydrogens is 394 g/mol. The fourth-order valence-corrected chi connectivity index (χ4v) is 4.97. The lowest BCUT2D eigenvalue weighted by Gasteiger charge is -2.39. The van der Waals surface area contributed by atoms with Gasteiger partial charge in [-0.3, -0.25) is 24.7 Å². The average molecular weight is 426 g/mol. The van der Waals surface area contributed by atoms with Crippen LogP contribution in [0.1, 0.15) is 43.7 Å². The van der Waals surface area contributed by atoms with Crippen LogP contribution in [0.4, 0.5) is 0 Å². The van der Waals surface area contributed by atoms with Crippen molar-refractivity contribution in [3.63, 3.8) is 0 Å². The number of amides is 2. The molecule has 2 saturated heterocycles. The van der Waals surface area contributed by atoms with Crippen LogP contribution in [-0.4, -0.2) is 64.6 Å². The molecule has 2 amide bonds. The van der Waals surface area contributed by atoms with Crippen molar-refractivity contribution < 1.29 is 14.7 Å². The molecule has 1 aromatic carbocycles. The van der Waals surface area contributed by atoms with Crippen molar-refractivity contribution in [3.05, 3.63) is 29.3 Å². The second kappa shape index (κ2) is 8.95. The highest BCUT2D eigenvalue weighted by atomic mass is 16.3. The summed E-state index contributed by atoms with van der Waals surface area (Å²) < 4.78 is 0. The van der Waals surface area contributed by atoms with Crippen LogP contribution >= 0.6 is 0 Å². The fourth-order valence-electron chi connectivity index (χ4n) is 4.97. The van der Waals surface area contributed by atoms with Gasteiger partial charge in [0, 0.05) is 32.1 Å². The standard InChI is InChI=1S/C23H31N5O3/c1-23(7-2-8-28(23)15-27-9-5-16(13-24)6-10-27)22(31)26-21(30)20-12-17-3-4-19(29)11-18(17)14-25-20/h3-4,11,16,20,25,29H,2,5-10,12,14-15H2,1H3,(H,26,30,31)/t20-,23+/m1/s1. The summed E-state index contributed by atoms with van der Waals surface area (Å²) in [5.74, 6) is -0.184. The van der Waals surface area contributed by atoms with Gasteiger partial charge in [-0.15, -0.1) is 0 Å². The summed E-state index contributed by atoms with van der Waals surface area (Å²) in [6.45, 7) is 5.66. The molecule has 0 aliphatic carbocycles. The highest BCUT2D eigenvalue weighted by Gasteiger charge is 2.45. The van der Waals surface area contributed by atoms with E-state index in [1.54, 1.807) is 12.1 Å². The Labute approximate surface area is 183 Å². The lowest BCUT2D eigenvalue weighted by molar-refractivity contribution is -0.138. The Morgan fingerprint density at radius 2 is 2.06 bits per heavy atom. The minimum Gasteiger partial charge on any atom is -0.508 e. The van der Waals surface area contributed by atoms with E-state index in [9.17, 15) is 14.7 Å². The number of hydrogen-bond acceptors (Lipinski definition) is 7. The zero-order valence-electron chi connectivity index (χ0n) is 18.1. The second-order valence-electron chi connectivity index (χ2n) is 9.21. The summed E-state index contributed by atoms with van der Waals surface area (Å²) >= 11 is 0. The molecular formula is C23H31N5O3. The van der Waals surface area contributed by atoms with E-state index in [0.29, 0.717) is 19.6 Å². The molecule has 4 rings (SSSR count). The number of carbonyl (C=O) groups is 2. The minimum absolute atomic E-state index is 0.138. The second-order valence-corrected chi connectivity index (χ2v) is 9.21. The third-order valence-electron chi connectivity index (χ3n) is 7.13. The highest BCUT2D eigenvalue weighted by Crippen LogP contribution is 2.30. The van der Waals surface area contributed by atoms with Gasteiger partial charge in [0.05, 0.1) is 24.3 Å². The van der Waals surface area contributed by atoms with E-state index >= 15 is 0 Å². The first-order chi connectivity index (χ1) is 14.9. The Morgan fingerprint density at radius 3 is 2.81 bits per heavy atom. The number of benzene rings is 1. The molecule has 3 aliphatic heterocycles. The minimum atomic E-state index is -0.708. The number of likely N-dealkylation sites (tertiary alicyclic amines) is 2. The molecule has 0 saturated carbocycles. The summed E-state index contributed by atoms with van der Waals surface area (Å²) in [6.07, 6.45) is 3.88. The molecule has 0 unspecified atom stereocenters. The number of nitriles is 1. The van der Waals surface area contributed by atoms with Gasteiger partial charge in [-0.1, -0.05) is 6.07 Å². The third-order valence-corrected chi connectivity index (χ3v) is 7.13. The number of rotatable bonds is 4. The Morgan fingerprint density at radius 1 is 1.29 bits per heavy atom. The SMILES string of the molecule is C[C@@]1(C(=O)NC(=O)[C@H]2Cc3ccc(O)cc3CN2)CCCN1CN1CCC(C#N)CC1. The molecule has 0 bridgehead atoms. The smallest absolute Gasteiger partial charge is 0.246 e. The predicted molar refractivity (Wildman–Crippen MR) is 115 cm³/mol. The first kappa shape index (κ1) is 21.8. The lowest BCUT2D eigenvalue weighted by atomic mass is 9.94. The van der Waals surface area contributed by atoms with Crippen molar-refractivity contribution in [2.45, 2.75) is 57.2 Å². The van der Waals surface area contributed by atoms with Gasteiger partial charge >= 0.3 is 0 Å². The van der Waals surface area contributed by atoms with E-state index in [4.69, 9.17) is 5.26 Å². The Bertz CT molecular complexity index is 890. The maximum atomic E-state index is 13.2. The van der Waals surface area contributed by atoms with Crippen molar-refractivity contribution in [2.75, 3.05) is 26.3 Å². The molecule has 2 fully saturated rings. The summed E-state index contributed by atoms with van der Waals surface area (Å²) in [6, 6.07) is 7.06. The molecule has 0 spiro atoms. The van der Waals surface area contributed by atoms with E-state index in [1.807, 2.05) is 13.0 Å². The molecule has 31 heavy (non-hydrogen) atoms. The molecule has 3 N–H and O–H groups in total. The van der Waals surface area contributed by atoms with E-state index in [-0.39, 0.29) is 23.5 Å². The molecule has 0 radical (unpaired) electrons. The van der Waals surface area contributed by atoms with Crippen LogP contribution < -0.4 is 10.6 Å². The number of phenols is 1. The molecule has 8 heteroatoms. The van der Waals surface area contributed by atoms with Crippen molar-refractivity contribution in [2.24, 2.45) is 5.92 Å². The number of hydrogen-bond donors (Lipinski definition) is 3. The number of phenolic OH excluding ortho intramolecular Hbond substituents is 1. The molecule has 1 aromatic rings. The number of carbonyl (C=O) groups excluding carboxylic acids is 2. The number of aromatic hydroxyl groups is 1. The fraction of sp³-hybridized carbons (Fsp3) is 0.609. The molecule has 2 atom stereocenters. The number of imide groups is 1. The summed E-state index contributed by atoms with van der Waals surface area (Å²) in [5, 5.41) is 24.6. The van der Waals surface area contributed by atoms with E-state index in [0.717, 1.165) is 56.4 Å². The largest absolute Gasteiger partial charge is 0.508 e. The van der Waals surface area contributed by atoms with Gasteiger partial charge in [-0.05, 0) is 62.3 Å². The molecule has 3 heterocycles. The number of nitrogens with one attached hydrogen (secondary N) is 2. The summed E-state index contributed by atoms with van der Waals surface area (Å²) in [5.41, 5.74) is 1.28. The molecule has 0 aromatic heterocycles. The van der Waals surface area contributed by atoms with Crippen molar-refractivity contribution in [1.29, 1.82) is 5.26 Å². The number of piperidine rings is 1. The number of nitrogens with zero attached hydrogens (tertiary/aromatic N) is 3. The van der Waals surface area contributed by atoms with Gasteiger partial charge in [0.2, 0.25) is 11.8 Å². The van der Waals surface area contributed by atoms with Gasteiger partial charge in [0.25, 0.3) is 0 Å². The topological polar surface area (TPSA) is 109 Å². The van der Waals surface area contributed by atoms with Crippen molar-refractivity contribution in [3.8, 4) is 11.8 Å². The third kappa shape index (κ3) is 4.59. The van der Waals surface area contributed by atoms with Gasteiger partial charge in [-0.25, -0.2) is 0 Å². The lowest BCUT2D eigenvalue weighted by Crippen LogP contribution is -2.60. The first-order valence-corrected chi connectivity index (χ1v) is 11.2. The maximum absolute atomic E-state index is 13.2. The summed E-state index contributed by atoms with van der Waals surface area (Å²) in [7, 11) is 0. The highest BCUT2D eigenvalue weighted by molar-refractivity contribution is 6.02. The van der Waals surface area contributed by atoms with Gasteiger partial charge in [0.1, 0.15) is 5.75 Å². The van der Waals surface area contributed by atoms with Gasteiger partial charge in [0.15, 0.2) is 0 Å². The zero-order valence-corrected chi connectivity index (χ0v) is 18.1.